The summed E-state index contributed by atoms with van der Waals surface area (Å²) in [5, 5.41) is 10.2. The molecule has 1 nitrogen and oxygen atoms in total. The van der Waals surface area contributed by atoms with Crippen LogP contribution in [0.15, 0.2) is 40.9 Å². The van der Waals surface area contributed by atoms with Crippen LogP contribution >= 0.6 is 15.9 Å². The van der Waals surface area contributed by atoms with Crippen molar-refractivity contribution < 1.29 is 13.9 Å². The standard InChI is InChI=1S/C15H13BrF2O/c1-9-5-6-11(16)8-12(9)14(19)7-10-3-2-4-13(17)15(10)18/h2-6,8,14,19H,7H2,1H3. The molecule has 1 unspecified atom stereocenters. The molecule has 100 valence electrons. The molecule has 4 heteroatoms. The summed E-state index contributed by atoms with van der Waals surface area (Å²) in [5.74, 6) is -1.79. The Morgan fingerprint density at radius 1 is 1.21 bits per heavy atom. The molecule has 1 atom stereocenters. The molecule has 2 aromatic rings. The summed E-state index contributed by atoms with van der Waals surface area (Å²) >= 11 is 3.33. The molecule has 0 radical (unpaired) electrons. The van der Waals surface area contributed by atoms with Crippen molar-refractivity contribution in [1.29, 1.82) is 0 Å². The second-order valence-electron chi connectivity index (χ2n) is 4.43. The number of benzene rings is 2. The number of halogens is 3. The lowest BCUT2D eigenvalue weighted by Crippen LogP contribution is -2.06. The highest BCUT2D eigenvalue weighted by atomic mass is 79.9. The van der Waals surface area contributed by atoms with E-state index in [1.54, 1.807) is 6.07 Å². The van der Waals surface area contributed by atoms with Gasteiger partial charge in [-0.25, -0.2) is 8.78 Å². The predicted molar refractivity (Wildman–Crippen MR) is 73.9 cm³/mol. The van der Waals surface area contributed by atoms with Gasteiger partial charge in [-0.1, -0.05) is 34.1 Å². The Bertz CT molecular complexity index is 599. The first-order valence-electron chi connectivity index (χ1n) is 5.86. The number of aliphatic hydroxyl groups is 1. The quantitative estimate of drug-likeness (QED) is 0.891. The van der Waals surface area contributed by atoms with Gasteiger partial charge in [0.2, 0.25) is 0 Å². The Hall–Kier alpha value is -1.26. The number of hydrogen-bond donors (Lipinski definition) is 1. The zero-order valence-electron chi connectivity index (χ0n) is 10.3. The maximum Gasteiger partial charge on any atom is 0.162 e. The van der Waals surface area contributed by atoms with Crippen LogP contribution in [-0.2, 0) is 6.42 Å². The van der Waals surface area contributed by atoms with E-state index in [1.807, 2.05) is 19.1 Å². The third-order valence-electron chi connectivity index (χ3n) is 3.05. The van der Waals surface area contributed by atoms with Crippen LogP contribution in [0.25, 0.3) is 0 Å². The van der Waals surface area contributed by atoms with Crippen molar-refractivity contribution in [2.75, 3.05) is 0 Å². The number of aliphatic hydroxyl groups excluding tert-OH is 1. The highest BCUT2D eigenvalue weighted by Gasteiger charge is 2.15. The Kier molecular flexibility index (Phi) is 4.32. The third-order valence-corrected chi connectivity index (χ3v) is 3.54. The van der Waals surface area contributed by atoms with Gasteiger partial charge in [-0.15, -0.1) is 0 Å². The van der Waals surface area contributed by atoms with Gasteiger partial charge in [0.25, 0.3) is 0 Å². The molecule has 2 aromatic carbocycles. The van der Waals surface area contributed by atoms with Crippen molar-refractivity contribution >= 4 is 15.9 Å². The average molecular weight is 327 g/mol. The molecule has 0 amide bonds. The highest BCUT2D eigenvalue weighted by Crippen LogP contribution is 2.26. The number of aryl methyl sites for hydroxylation is 1. The Morgan fingerprint density at radius 2 is 1.95 bits per heavy atom. The topological polar surface area (TPSA) is 20.2 Å². The van der Waals surface area contributed by atoms with E-state index in [2.05, 4.69) is 15.9 Å². The van der Waals surface area contributed by atoms with Gasteiger partial charge in [0.15, 0.2) is 11.6 Å². The Balaban J connectivity index is 2.28. The van der Waals surface area contributed by atoms with Crippen LogP contribution in [0.3, 0.4) is 0 Å². The van der Waals surface area contributed by atoms with E-state index in [-0.39, 0.29) is 12.0 Å². The van der Waals surface area contributed by atoms with Gasteiger partial charge in [-0.2, -0.15) is 0 Å². The van der Waals surface area contributed by atoms with Crippen LogP contribution in [0.2, 0.25) is 0 Å². The second-order valence-corrected chi connectivity index (χ2v) is 5.35. The molecule has 0 aliphatic rings. The summed E-state index contributed by atoms with van der Waals surface area (Å²) in [6.07, 6.45) is -0.824. The molecule has 0 spiro atoms. The number of hydrogen-bond acceptors (Lipinski definition) is 1. The SMILES string of the molecule is Cc1ccc(Br)cc1C(O)Cc1cccc(F)c1F. The Labute approximate surface area is 119 Å². The lowest BCUT2D eigenvalue weighted by atomic mass is 9.97. The zero-order chi connectivity index (χ0) is 14.0. The van der Waals surface area contributed by atoms with Crippen LogP contribution in [0, 0.1) is 18.6 Å². The maximum absolute atomic E-state index is 13.6. The molecule has 1 N–H and O–H groups in total. The molecule has 0 aliphatic carbocycles. The molecule has 0 bridgehead atoms. The molecule has 0 aromatic heterocycles. The van der Waals surface area contributed by atoms with Crippen molar-refractivity contribution in [3.8, 4) is 0 Å². The minimum Gasteiger partial charge on any atom is -0.388 e. The first kappa shape index (κ1) is 14.2. The van der Waals surface area contributed by atoms with E-state index in [9.17, 15) is 13.9 Å². The molecule has 2 rings (SSSR count). The minimum atomic E-state index is -0.894. The van der Waals surface area contributed by atoms with Crippen molar-refractivity contribution in [3.05, 3.63) is 69.2 Å². The van der Waals surface area contributed by atoms with Crippen LogP contribution < -0.4 is 0 Å². The average Bonchev–Trinajstić information content (AvgIpc) is 2.38. The maximum atomic E-state index is 13.6. The highest BCUT2D eigenvalue weighted by molar-refractivity contribution is 9.10. The molecule has 0 heterocycles. The van der Waals surface area contributed by atoms with E-state index in [0.717, 1.165) is 16.1 Å². The van der Waals surface area contributed by atoms with Crippen molar-refractivity contribution in [2.24, 2.45) is 0 Å². The van der Waals surface area contributed by atoms with Gasteiger partial charge in [0.1, 0.15) is 0 Å². The molecule has 0 saturated carbocycles. The molecule has 0 saturated heterocycles. The molecule has 0 aliphatic heterocycles. The normalized spacial score (nSPS) is 12.5. The summed E-state index contributed by atoms with van der Waals surface area (Å²) in [4.78, 5) is 0. The van der Waals surface area contributed by atoms with E-state index < -0.39 is 17.7 Å². The van der Waals surface area contributed by atoms with Crippen LogP contribution in [0.1, 0.15) is 22.8 Å². The zero-order valence-corrected chi connectivity index (χ0v) is 11.9. The van der Waals surface area contributed by atoms with Crippen LogP contribution in [0.5, 0.6) is 0 Å². The molecular weight excluding hydrogens is 314 g/mol. The minimum absolute atomic E-state index is 0.0425. The van der Waals surface area contributed by atoms with Crippen LogP contribution in [-0.4, -0.2) is 5.11 Å². The van der Waals surface area contributed by atoms with Gasteiger partial charge in [-0.3, -0.25) is 0 Å². The van der Waals surface area contributed by atoms with Gasteiger partial charge < -0.3 is 5.11 Å². The summed E-state index contributed by atoms with van der Waals surface area (Å²) in [7, 11) is 0. The predicted octanol–water partition coefficient (Wildman–Crippen LogP) is 4.31. The summed E-state index contributed by atoms with van der Waals surface area (Å²) < 4.78 is 27.5. The van der Waals surface area contributed by atoms with E-state index >= 15 is 0 Å². The van der Waals surface area contributed by atoms with Crippen LogP contribution in [0.4, 0.5) is 8.78 Å². The molecule has 19 heavy (non-hydrogen) atoms. The monoisotopic (exact) mass is 326 g/mol. The first-order valence-corrected chi connectivity index (χ1v) is 6.65. The Morgan fingerprint density at radius 3 is 2.68 bits per heavy atom. The van der Waals surface area contributed by atoms with Crippen molar-refractivity contribution in [1.82, 2.24) is 0 Å². The van der Waals surface area contributed by atoms with Gasteiger partial charge in [-0.05, 0) is 41.8 Å². The number of rotatable bonds is 3. The largest absolute Gasteiger partial charge is 0.388 e. The van der Waals surface area contributed by atoms with Crippen molar-refractivity contribution in [3.63, 3.8) is 0 Å². The van der Waals surface area contributed by atoms with Gasteiger partial charge in [0, 0.05) is 10.9 Å². The smallest absolute Gasteiger partial charge is 0.162 e. The summed E-state index contributed by atoms with van der Waals surface area (Å²) in [6, 6.07) is 9.51. The summed E-state index contributed by atoms with van der Waals surface area (Å²) in [5.41, 5.74) is 1.79. The summed E-state index contributed by atoms with van der Waals surface area (Å²) in [6.45, 7) is 1.87. The fourth-order valence-electron chi connectivity index (χ4n) is 1.99. The first-order chi connectivity index (χ1) is 8.99. The molecule has 0 fully saturated rings. The molecular formula is C15H13BrF2O. The van der Waals surface area contributed by atoms with Gasteiger partial charge in [0.05, 0.1) is 6.10 Å². The lowest BCUT2D eigenvalue weighted by Gasteiger charge is -2.15. The van der Waals surface area contributed by atoms with E-state index in [0.29, 0.717) is 5.56 Å². The third kappa shape index (κ3) is 3.19. The van der Waals surface area contributed by atoms with Crippen molar-refractivity contribution in [2.45, 2.75) is 19.4 Å². The lowest BCUT2D eigenvalue weighted by molar-refractivity contribution is 0.176. The van der Waals surface area contributed by atoms with E-state index in [1.165, 1.54) is 12.1 Å². The second kappa shape index (κ2) is 5.80. The fraction of sp³-hybridized carbons (Fsp3) is 0.200. The van der Waals surface area contributed by atoms with Gasteiger partial charge >= 0.3 is 0 Å². The van der Waals surface area contributed by atoms with E-state index in [4.69, 9.17) is 0 Å². The fourth-order valence-corrected chi connectivity index (χ4v) is 2.37.